The average molecular weight is 294 g/mol. The van der Waals surface area contributed by atoms with E-state index in [1.807, 2.05) is 62.4 Å². The summed E-state index contributed by atoms with van der Waals surface area (Å²) in [4.78, 5) is 26.3. The van der Waals surface area contributed by atoms with Gasteiger partial charge < -0.3 is 5.32 Å². The summed E-state index contributed by atoms with van der Waals surface area (Å²) in [5.74, 6) is -0.345. The monoisotopic (exact) mass is 294 g/mol. The molecule has 0 spiro atoms. The molecule has 0 aliphatic carbocycles. The molecule has 1 N–H and O–H groups in total. The van der Waals surface area contributed by atoms with Gasteiger partial charge in [0.1, 0.15) is 6.04 Å². The van der Waals surface area contributed by atoms with E-state index in [0.717, 1.165) is 22.5 Å². The Labute approximate surface area is 129 Å². The van der Waals surface area contributed by atoms with Gasteiger partial charge >= 0.3 is 0 Å². The minimum Gasteiger partial charge on any atom is -0.373 e. The first-order valence-electron chi connectivity index (χ1n) is 7.32. The van der Waals surface area contributed by atoms with Crippen molar-refractivity contribution >= 4 is 23.2 Å². The van der Waals surface area contributed by atoms with Crippen LogP contribution in [0.5, 0.6) is 0 Å². The van der Waals surface area contributed by atoms with Crippen molar-refractivity contribution in [2.75, 3.05) is 10.2 Å². The maximum absolute atomic E-state index is 12.7. The Bertz CT molecular complexity index is 705. The highest BCUT2D eigenvalue weighted by Crippen LogP contribution is 2.30. The van der Waals surface area contributed by atoms with Crippen LogP contribution in [0.2, 0.25) is 0 Å². The molecule has 1 fully saturated rings. The number of hydrogen-bond acceptors (Lipinski definition) is 3. The summed E-state index contributed by atoms with van der Waals surface area (Å²) in [5.41, 5.74) is 3.43. The summed E-state index contributed by atoms with van der Waals surface area (Å²) in [6.07, 6.45) is 0.182. The zero-order valence-electron chi connectivity index (χ0n) is 12.7. The Hall–Kier alpha value is -2.62. The van der Waals surface area contributed by atoms with E-state index in [0.29, 0.717) is 0 Å². The van der Waals surface area contributed by atoms with Crippen LogP contribution in [0.4, 0.5) is 11.4 Å². The zero-order chi connectivity index (χ0) is 15.7. The van der Waals surface area contributed by atoms with Crippen molar-refractivity contribution in [2.45, 2.75) is 26.3 Å². The quantitative estimate of drug-likeness (QED) is 0.885. The molecule has 0 aromatic heterocycles. The second-order valence-electron chi connectivity index (χ2n) is 5.57. The Morgan fingerprint density at radius 2 is 1.59 bits per heavy atom. The number of nitrogens with zero attached hydrogens (tertiary/aromatic N) is 1. The Morgan fingerprint density at radius 1 is 0.955 bits per heavy atom. The first-order chi connectivity index (χ1) is 10.6. The second kappa shape index (κ2) is 5.64. The van der Waals surface area contributed by atoms with E-state index in [9.17, 15) is 9.59 Å². The fourth-order valence-electron chi connectivity index (χ4n) is 2.87. The van der Waals surface area contributed by atoms with Gasteiger partial charge in [0.05, 0.1) is 12.1 Å². The second-order valence-corrected chi connectivity index (χ2v) is 5.57. The van der Waals surface area contributed by atoms with Crippen molar-refractivity contribution in [3.63, 3.8) is 0 Å². The number of imide groups is 1. The van der Waals surface area contributed by atoms with Crippen LogP contribution in [0.3, 0.4) is 0 Å². The van der Waals surface area contributed by atoms with Crippen LogP contribution in [0.15, 0.2) is 48.5 Å². The SMILES string of the molecule is Cc1cccc(C)c1N1C(=O)C[C@@H](Nc2ccccc2)C1=O. The molecule has 0 radical (unpaired) electrons. The molecule has 112 valence electrons. The lowest BCUT2D eigenvalue weighted by atomic mass is 10.1. The summed E-state index contributed by atoms with van der Waals surface area (Å²) in [5, 5.41) is 3.15. The number of carbonyl (C=O) groups excluding carboxylic acids is 2. The standard InChI is InChI=1S/C18H18N2O2/c1-12-7-6-8-13(2)17(12)20-16(21)11-15(18(20)22)19-14-9-4-3-5-10-14/h3-10,15,19H,11H2,1-2H3/t15-/m1/s1. The smallest absolute Gasteiger partial charge is 0.256 e. The van der Waals surface area contributed by atoms with Crippen LogP contribution in [0.25, 0.3) is 0 Å². The number of amides is 2. The Morgan fingerprint density at radius 3 is 2.23 bits per heavy atom. The molecule has 1 aliphatic heterocycles. The van der Waals surface area contributed by atoms with E-state index in [2.05, 4.69) is 5.32 Å². The van der Waals surface area contributed by atoms with E-state index < -0.39 is 6.04 Å². The molecule has 4 heteroatoms. The van der Waals surface area contributed by atoms with E-state index in [1.165, 1.54) is 4.90 Å². The highest BCUT2D eigenvalue weighted by Gasteiger charge is 2.40. The molecule has 2 aromatic carbocycles. The molecule has 0 bridgehead atoms. The molecule has 4 nitrogen and oxygen atoms in total. The zero-order valence-corrected chi connectivity index (χ0v) is 12.7. The largest absolute Gasteiger partial charge is 0.373 e. The third-order valence-corrected chi connectivity index (χ3v) is 3.92. The van der Waals surface area contributed by atoms with E-state index >= 15 is 0 Å². The fraction of sp³-hybridized carbons (Fsp3) is 0.222. The Kier molecular flexibility index (Phi) is 3.67. The average Bonchev–Trinajstić information content (AvgIpc) is 2.76. The van der Waals surface area contributed by atoms with Gasteiger partial charge in [-0.3, -0.25) is 9.59 Å². The minimum atomic E-state index is -0.506. The molecule has 1 heterocycles. The molecule has 0 saturated carbocycles. The third kappa shape index (κ3) is 2.48. The number of hydrogen-bond donors (Lipinski definition) is 1. The first kappa shape index (κ1) is 14.3. The summed E-state index contributed by atoms with van der Waals surface area (Å²) in [7, 11) is 0. The lowest BCUT2D eigenvalue weighted by Crippen LogP contribution is -2.35. The van der Waals surface area contributed by atoms with Crippen LogP contribution < -0.4 is 10.2 Å². The van der Waals surface area contributed by atoms with Gasteiger partial charge in [0.2, 0.25) is 5.91 Å². The van der Waals surface area contributed by atoms with Gasteiger partial charge in [0.25, 0.3) is 5.91 Å². The lowest BCUT2D eigenvalue weighted by Gasteiger charge is -2.20. The van der Waals surface area contributed by atoms with Gasteiger partial charge in [-0.05, 0) is 37.1 Å². The predicted molar refractivity (Wildman–Crippen MR) is 86.9 cm³/mol. The van der Waals surface area contributed by atoms with Crippen molar-refractivity contribution in [1.82, 2.24) is 0 Å². The van der Waals surface area contributed by atoms with Gasteiger partial charge in [-0.25, -0.2) is 4.90 Å². The van der Waals surface area contributed by atoms with Crippen LogP contribution in [0, 0.1) is 13.8 Å². The molecule has 2 amide bonds. The number of anilines is 2. The van der Waals surface area contributed by atoms with Crippen molar-refractivity contribution in [3.05, 3.63) is 59.7 Å². The molecule has 1 saturated heterocycles. The highest BCUT2D eigenvalue weighted by atomic mass is 16.2. The lowest BCUT2D eigenvalue weighted by molar-refractivity contribution is -0.121. The highest BCUT2D eigenvalue weighted by molar-refractivity contribution is 6.23. The van der Waals surface area contributed by atoms with Gasteiger partial charge in [-0.2, -0.15) is 0 Å². The van der Waals surface area contributed by atoms with E-state index in [1.54, 1.807) is 0 Å². The van der Waals surface area contributed by atoms with Crippen LogP contribution in [0.1, 0.15) is 17.5 Å². The molecule has 0 unspecified atom stereocenters. The van der Waals surface area contributed by atoms with Crippen LogP contribution in [-0.2, 0) is 9.59 Å². The van der Waals surface area contributed by atoms with Crippen LogP contribution >= 0.6 is 0 Å². The van der Waals surface area contributed by atoms with Crippen molar-refractivity contribution in [2.24, 2.45) is 0 Å². The van der Waals surface area contributed by atoms with Gasteiger partial charge in [-0.1, -0.05) is 36.4 Å². The molecular weight excluding hydrogens is 276 g/mol. The number of nitrogens with one attached hydrogen (secondary N) is 1. The molecule has 1 atom stereocenters. The molecule has 22 heavy (non-hydrogen) atoms. The number of benzene rings is 2. The maximum Gasteiger partial charge on any atom is 0.256 e. The molecule has 1 aliphatic rings. The fourth-order valence-corrected chi connectivity index (χ4v) is 2.87. The summed E-state index contributed by atoms with van der Waals surface area (Å²) in [6.45, 7) is 3.84. The maximum atomic E-state index is 12.7. The summed E-state index contributed by atoms with van der Waals surface area (Å²) < 4.78 is 0. The Balaban J connectivity index is 1.89. The number of aryl methyl sites for hydroxylation is 2. The van der Waals surface area contributed by atoms with Crippen molar-refractivity contribution < 1.29 is 9.59 Å². The van der Waals surface area contributed by atoms with E-state index in [-0.39, 0.29) is 18.2 Å². The normalized spacial score (nSPS) is 17.9. The molecular formula is C18H18N2O2. The number of carbonyl (C=O) groups is 2. The number of rotatable bonds is 3. The van der Waals surface area contributed by atoms with Gasteiger partial charge in [-0.15, -0.1) is 0 Å². The first-order valence-corrected chi connectivity index (χ1v) is 7.32. The predicted octanol–water partition coefficient (Wildman–Crippen LogP) is 3.05. The van der Waals surface area contributed by atoms with Crippen molar-refractivity contribution in [3.8, 4) is 0 Å². The molecule has 2 aromatic rings. The van der Waals surface area contributed by atoms with Crippen molar-refractivity contribution in [1.29, 1.82) is 0 Å². The van der Waals surface area contributed by atoms with E-state index in [4.69, 9.17) is 0 Å². The number of para-hydroxylation sites is 2. The third-order valence-electron chi connectivity index (χ3n) is 3.92. The summed E-state index contributed by atoms with van der Waals surface area (Å²) in [6, 6.07) is 14.7. The topological polar surface area (TPSA) is 49.4 Å². The van der Waals surface area contributed by atoms with Gasteiger partial charge in [0.15, 0.2) is 0 Å². The van der Waals surface area contributed by atoms with Gasteiger partial charge in [0, 0.05) is 5.69 Å². The molecule has 3 rings (SSSR count). The summed E-state index contributed by atoms with van der Waals surface area (Å²) >= 11 is 0. The van der Waals surface area contributed by atoms with Crippen LogP contribution in [-0.4, -0.2) is 17.9 Å². The minimum absolute atomic E-state index is 0.157.